The lowest BCUT2D eigenvalue weighted by atomic mass is 10.2. The normalized spacial score (nSPS) is 9.82. The molecule has 3 heteroatoms. The van der Waals surface area contributed by atoms with Gasteiger partial charge in [0.05, 0.1) is 7.11 Å². The molecule has 0 saturated carbocycles. The zero-order chi connectivity index (χ0) is 8.43. The van der Waals surface area contributed by atoms with Crippen LogP contribution in [0.15, 0.2) is 16.6 Å². The first-order valence-corrected chi connectivity index (χ1v) is 5.02. The number of benzene rings is 1. The van der Waals surface area contributed by atoms with Gasteiger partial charge < -0.3 is 4.74 Å². The van der Waals surface area contributed by atoms with Crippen molar-refractivity contribution < 1.29 is 4.74 Å². The maximum absolute atomic E-state index is 5.17. The average Bonchev–Trinajstić information content (AvgIpc) is 1.96. The highest BCUT2D eigenvalue weighted by atomic mass is 127. The van der Waals surface area contributed by atoms with Gasteiger partial charge in [-0.15, -0.1) is 0 Å². The van der Waals surface area contributed by atoms with Crippen molar-refractivity contribution in [2.24, 2.45) is 0 Å². The van der Waals surface area contributed by atoms with Crippen LogP contribution in [0.25, 0.3) is 0 Å². The number of halogens is 2. The summed E-state index contributed by atoms with van der Waals surface area (Å²) in [6.45, 7) is 2.03. The number of hydrogen-bond donors (Lipinski definition) is 0. The van der Waals surface area contributed by atoms with E-state index in [0.29, 0.717) is 0 Å². The van der Waals surface area contributed by atoms with E-state index in [-0.39, 0.29) is 0 Å². The molecule has 0 spiro atoms. The van der Waals surface area contributed by atoms with E-state index in [1.807, 2.05) is 13.0 Å². The van der Waals surface area contributed by atoms with Gasteiger partial charge in [0.15, 0.2) is 0 Å². The number of methoxy groups -OCH3 is 1. The molecule has 60 valence electrons. The first-order valence-electron chi connectivity index (χ1n) is 3.15. The number of rotatable bonds is 1. The predicted octanol–water partition coefficient (Wildman–Crippen LogP) is 3.37. The Kier molecular flexibility index (Phi) is 3.18. The molecule has 1 rings (SSSR count). The zero-order valence-corrected chi connectivity index (χ0v) is 10.1. The van der Waals surface area contributed by atoms with Gasteiger partial charge >= 0.3 is 0 Å². The highest BCUT2D eigenvalue weighted by Gasteiger charge is 2.02. The molecule has 0 bridgehead atoms. The quantitative estimate of drug-likeness (QED) is 0.719. The van der Waals surface area contributed by atoms with E-state index in [1.165, 1.54) is 3.57 Å². The fourth-order valence-corrected chi connectivity index (χ4v) is 2.30. The van der Waals surface area contributed by atoms with Crippen LogP contribution in [0.4, 0.5) is 0 Å². The highest BCUT2D eigenvalue weighted by molar-refractivity contribution is 14.1. The number of hydrogen-bond acceptors (Lipinski definition) is 1. The summed E-state index contributed by atoms with van der Waals surface area (Å²) in [5, 5.41) is 0. The van der Waals surface area contributed by atoms with Crippen molar-refractivity contribution in [1.82, 2.24) is 0 Å². The summed E-state index contributed by atoms with van der Waals surface area (Å²) in [6.07, 6.45) is 0. The van der Waals surface area contributed by atoms with Crippen LogP contribution < -0.4 is 4.74 Å². The van der Waals surface area contributed by atoms with E-state index < -0.39 is 0 Å². The van der Waals surface area contributed by atoms with Crippen LogP contribution >= 0.6 is 38.5 Å². The Morgan fingerprint density at radius 2 is 2.09 bits per heavy atom. The minimum atomic E-state index is 0.934. The SMILES string of the molecule is COc1cc(I)cc(Br)c1C. The summed E-state index contributed by atoms with van der Waals surface area (Å²) < 4.78 is 7.45. The second kappa shape index (κ2) is 3.76. The Bertz CT molecular complexity index is 273. The molecule has 0 atom stereocenters. The fourth-order valence-electron chi connectivity index (χ4n) is 0.834. The summed E-state index contributed by atoms with van der Waals surface area (Å²) in [4.78, 5) is 0. The van der Waals surface area contributed by atoms with Gasteiger partial charge in [0.2, 0.25) is 0 Å². The molecule has 1 aromatic rings. The van der Waals surface area contributed by atoms with Crippen LogP contribution in [-0.2, 0) is 0 Å². The predicted molar refractivity (Wildman–Crippen MR) is 58.1 cm³/mol. The summed E-state index contributed by atoms with van der Waals surface area (Å²) >= 11 is 5.71. The topological polar surface area (TPSA) is 9.23 Å². The Morgan fingerprint density at radius 3 is 2.64 bits per heavy atom. The summed E-state index contributed by atoms with van der Waals surface area (Å²) in [5.74, 6) is 0.934. The molecule has 0 amide bonds. The Labute approximate surface area is 88.4 Å². The Balaban J connectivity index is 3.24. The molecule has 0 unspecified atom stereocenters. The largest absolute Gasteiger partial charge is 0.496 e. The monoisotopic (exact) mass is 326 g/mol. The standard InChI is InChI=1S/C8H8BrIO/c1-5-7(9)3-6(10)4-8(5)11-2/h3-4H,1-2H3. The van der Waals surface area contributed by atoms with Gasteiger partial charge in [-0.1, -0.05) is 15.9 Å². The van der Waals surface area contributed by atoms with Gasteiger partial charge in [-0.25, -0.2) is 0 Å². The van der Waals surface area contributed by atoms with Crippen molar-refractivity contribution >= 4 is 38.5 Å². The van der Waals surface area contributed by atoms with Crippen LogP contribution in [0.3, 0.4) is 0 Å². The molecule has 0 saturated heterocycles. The van der Waals surface area contributed by atoms with Crippen LogP contribution in [0.5, 0.6) is 5.75 Å². The van der Waals surface area contributed by atoms with Gasteiger partial charge in [-0.2, -0.15) is 0 Å². The minimum absolute atomic E-state index is 0.934. The lowest BCUT2D eigenvalue weighted by Gasteiger charge is -2.06. The molecule has 0 fully saturated rings. The van der Waals surface area contributed by atoms with E-state index in [0.717, 1.165) is 15.8 Å². The first-order chi connectivity index (χ1) is 5.15. The zero-order valence-electron chi connectivity index (χ0n) is 6.32. The average molecular weight is 327 g/mol. The van der Waals surface area contributed by atoms with Gasteiger partial charge in [-0.3, -0.25) is 0 Å². The van der Waals surface area contributed by atoms with Crippen LogP contribution in [0.1, 0.15) is 5.56 Å². The van der Waals surface area contributed by atoms with Gasteiger partial charge in [0.25, 0.3) is 0 Å². The molecule has 0 heterocycles. The summed E-state index contributed by atoms with van der Waals surface area (Å²) in [6, 6.07) is 4.08. The molecule has 0 aliphatic carbocycles. The minimum Gasteiger partial charge on any atom is -0.496 e. The smallest absolute Gasteiger partial charge is 0.123 e. The highest BCUT2D eigenvalue weighted by Crippen LogP contribution is 2.28. The molecule has 0 N–H and O–H groups in total. The number of ether oxygens (including phenoxy) is 1. The summed E-state index contributed by atoms with van der Waals surface area (Å²) in [7, 11) is 1.69. The molecule has 1 nitrogen and oxygen atoms in total. The van der Waals surface area contributed by atoms with Crippen LogP contribution in [0.2, 0.25) is 0 Å². The van der Waals surface area contributed by atoms with Crippen LogP contribution in [-0.4, -0.2) is 7.11 Å². The van der Waals surface area contributed by atoms with Crippen molar-refractivity contribution in [3.05, 3.63) is 25.7 Å². The maximum Gasteiger partial charge on any atom is 0.123 e. The lowest BCUT2D eigenvalue weighted by Crippen LogP contribution is -1.88. The lowest BCUT2D eigenvalue weighted by molar-refractivity contribution is 0.411. The van der Waals surface area contributed by atoms with E-state index >= 15 is 0 Å². The van der Waals surface area contributed by atoms with Crippen molar-refractivity contribution in [1.29, 1.82) is 0 Å². The third-order valence-electron chi connectivity index (χ3n) is 1.48. The van der Waals surface area contributed by atoms with Gasteiger partial charge in [-0.05, 0) is 41.6 Å². The molecule has 0 aliphatic rings. The molecule has 0 aliphatic heterocycles. The first kappa shape index (κ1) is 9.32. The van der Waals surface area contributed by atoms with Crippen molar-refractivity contribution in [3.8, 4) is 5.75 Å². The second-order valence-corrected chi connectivity index (χ2v) is 4.31. The van der Waals surface area contributed by atoms with Crippen molar-refractivity contribution in [2.75, 3.05) is 7.11 Å². The van der Waals surface area contributed by atoms with E-state index in [4.69, 9.17) is 4.74 Å². The van der Waals surface area contributed by atoms with Gasteiger partial charge in [0.1, 0.15) is 5.75 Å². The van der Waals surface area contributed by atoms with Crippen LogP contribution in [0, 0.1) is 10.5 Å². The molecule has 0 aromatic heterocycles. The van der Waals surface area contributed by atoms with E-state index in [2.05, 4.69) is 44.6 Å². The van der Waals surface area contributed by atoms with Crippen molar-refractivity contribution in [3.63, 3.8) is 0 Å². The van der Waals surface area contributed by atoms with E-state index in [1.54, 1.807) is 7.11 Å². The molecule has 0 radical (unpaired) electrons. The van der Waals surface area contributed by atoms with Crippen molar-refractivity contribution in [2.45, 2.75) is 6.92 Å². The molecule has 11 heavy (non-hydrogen) atoms. The molecule has 1 aromatic carbocycles. The Morgan fingerprint density at radius 1 is 1.45 bits per heavy atom. The third-order valence-corrected chi connectivity index (χ3v) is 2.93. The van der Waals surface area contributed by atoms with Gasteiger partial charge in [0, 0.05) is 13.6 Å². The maximum atomic E-state index is 5.17. The Hall–Kier alpha value is 0.230. The molecular weight excluding hydrogens is 319 g/mol. The third kappa shape index (κ3) is 2.08. The fraction of sp³-hybridized carbons (Fsp3) is 0.250. The summed E-state index contributed by atoms with van der Waals surface area (Å²) in [5.41, 5.74) is 1.15. The van der Waals surface area contributed by atoms with E-state index in [9.17, 15) is 0 Å². The molecular formula is C8H8BrIO. The second-order valence-electron chi connectivity index (χ2n) is 2.21.